The Balaban J connectivity index is 2.00. The van der Waals surface area contributed by atoms with E-state index in [-0.39, 0.29) is 0 Å². The lowest BCUT2D eigenvalue weighted by Crippen LogP contribution is -2.07. The van der Waals surface area contributed by atoms with Crippen LogP contribution in [-0.4, -0.2) is 22.4 Å². The van der Waals surface area contributed by atoms with Gasteiger partial charge in [0.1, 0.15) is 5.75 Å². The predicted molar refractivity (Wildman–Crippen MR) is 75.0 cm³/mol. The topological polar surface area (TPSA) is 32.6 Å². The van der Waals surface area contributed by atoms with Crippen LogP contribution in [0.5, 0.6) is 5.75 Å². The van der Waals surface area contributed by atoms with Crippen molar-refractivity contribution in [2.45, 2.75) is 19.3 Å². The van der Waals surface area contributed by atoms with E-state index in [9.17, 15) is 5.11 Å². The highest BCUT2D eigenvalue weighted by Gasteiger charge is 2.12. The summed E-state index contributed by atoms with van der Waals surface area (Å²) in [5.41, 5.74) is 1.13. The standard InChI is InChI=1S/C14H17NOS/c1-2-8-17-14-7-6-12(10-15-14)11-4-3-5-13(16)9-11/h3-7,9,12,16H,2,8,10H2,1H3. The van der Waals surface area contributed by atoms with E-state index in [2.05, 4.69) is 24.1 Å². The lowest BCUT2D eigenvalue weighted by atomic mass is 9.97. The van der Waals surface area contributed by atoms with E-state index in [1.807, 2.05) is 30.0 Å². The molecule has 0 aromatic heterocycles. The average molecular weight is 247 g/mol. The van der Waals surface area contributed by atoms with Gasteiger partial charge in [-0.05, 0) is 35.9 Å². The number of hydrogen-bond acceptors (Lipinski definition) is 3. The van der Waals surface area contributed by atoms with Gasteiger partial charge in [0.05, 0.1) is 11.6 Å². The van der Waals surface area contributed by atoms with E-state index >= 15 is 0 Å². The lowest BCUT2D eigenvalue weighted by molar-refractivity contribution is 0.474. The van der Waals surface area contributed by atoms with Gasteiger partial charge in [-0.3, -0.25) is 4.99 Å². The molecule has 1 aliphatic rings. The second-order valence-electron chi connectivity index (χ2n) is 4.09. The quantitative estimate of drug-likeness (QED) is 0.885. The Morgan fingerprint density at radius 3 is 3.00 bits per heavy atom. The first kappa shape index (κ1) is 12.2. The molecule has 0 saturated heterocycles. The lowest BCUT2D eigenvalue weighted by Gasteiger charge is -2.15. The van der Waals surface area contributed by atoms with Crippen LogP contribution in [0.1, 0.15) is 24.8 Å². The number of aromatic hydroxyl groups is 1. The van der Waals surface area contributed by atoms with Crippen LogP contribution in [0.15, 0.2) is 41.4 Å². The monoisotopic (exact) mass is 247 g/mol. The van der Waals surface area contributed by atoms with Crippen LogP contribution in [0.4, 0.5) is 0 Å². The molecule has 90 valence electrons. The summed E-state index contributed by atoms with van der Waals surface area (Å²) in [5.74, 6) is 1.75. The summed E-state index contributed by atoms with van der Waals surface area (Å²) >= 11 is 1.81. The number of hydrogen-bond donors (Lipinski definition) is 1. The molecule has 0 amide bonds. The molecule has 0 spiro atoms. The third-order valence-electron chi connectivity index (χ3n) is 2.67. The van der Waals surface area contributed by atoms with E-state index in [1.54, 1.807) is 6.07 Å². The second-order valence-corrected chi connectivity index (χ2v) is 5.20. The van der Waals surface area contributed by atoms with Crippen LogP contribution in [0.2, 0.25) is 0 Å². The van der Waals surface area contributed by atoms with Crippen LogP contribution in [0.3, 0.4) is 0 Å². The minimum atomic E-state index is 0.299. The van der Waals surface area contributed by atoms with Crippen molar-refractivity contribution in [1.82, 2.24) is 0 Å². The van der Waals surface area contributed by atoms with E-state index < -0.39 is 0 Å². The number of phenolic OH excluding ortho intramolecular Hbond substituents is 1. The molecule has 2 rings (SSSR count). The Morgan fingerprint density at radius 2 is 2.35 bits per heavy atom. The summed E-state index contributed by atoms with van der Waals surface area (Å²) in [6.45, 7) is 2.96. The molecule has 2 nitrogen and oxygen atoms in total. The number of aliphatic imine (C=N–C) groups is 1. The summed E-state index contributed by atoms with van der Waals surface area (Å²) in [6.07, 6.45) is 5.45. The fourth-order valence-corrected chi connectivity index (χ4v) is 2.53. The Labute approximate surface area is 106 Å². The molecule has 0 radical (unpaired) electrons. The van der Waals surface area contributed by atoms with Crippen molar-refractivity contribution < 1.29 is 5.11 Å². The molecule has 1 aromatic rings. The normalized spacial score (nSPS) is 19.1. The molecule has 0 saturated carbocycles. The van der Waals surface area contributed by atoms with Crippen molar-refractivity contribution in [3.8, 4) is 5.75 Å². The molecule has 0 fully saturated rings. The van der Waals surface area contributed by atoms with Gasteiger partial charge >= 0.3 is 0 Å². The summed E-state index contributed by atoms with van der Waals surface area (Å²) in [5, 5.41) is 10.6. The minimum Gasteiger partial charge on any atom is -0.508 e. The van der Waals surface area contributed by atoms with Crippen LogP contribution < -0.4 is 0 Å². The first-order valence-corrected chi connectivity index (χ1v) is 6.92. The molecule has 0 bridgehead atoms. The largest absolute Gasteiger partial charge is 0.508 e. The van der Waals surface area contributed by atoms with E-state index in [0.717, 1.165) is 22.9 Å². The highest BCUT2D eigenvalue weighted by molar-refractivity contribution is 8.14. The first-order valence-electron chi connectivity index (χ1n) is 5.94. The number of benzene rings is 1. The summed E-state index contributed by atoms with van der Waals surface area (Å²) < 4.78 is 0. The van der Waals surface area contributed by atoms with Gasteiger partial charge in [-0.25, -0.2) is 0 Å². The van der Waals surface area contributed by atoms with Crippen molar-refractivity contribution in [2.24, 2.45) is 4.99 Å². The number of thioether (sulfide) groups is 1. The zero-order valence-electron chi connectivity index (χ0n) is 9.97. The average Bonchev–Trinajstić information content (AvgIpc) is 2.37. The summed E-state index contributed by atoms with van der Waals surface area (Å²) in [4.78, 5) is 4.57. The Morgan fingerprint density at radius 1 is 1.47 bits per heavy atom. The van der Waals surface area contributed by atoms with Gasteiger partial charge in [-0.2, -0.15) is 0 Å². The number of dihydropyridines is 1. The summed E-state index contributed by atoms with van der Waals surface area (Å²) in [7, 11) is 0. The van der Waals surface area contributed by atoms with Crippen molar-refractivity contribution >= 4 is 16.8 Å². The fraction of sp³-hybridized carbons (Fsp3) is 0.357. The molecule has 17 heavy (non-hydrogen) atoms. The second kappa shape index (κ2) is 5.92. The SMILES string of the molecule is CCCSC1=NCC(c2cccc(O)c2)C=C1. The molecule has 1 aliphatic heterocycles. The highest BCUT2D eigenvalue weighted by Crippen LogP contribution is 2.25. The van der Waals surface area contributed by atoms with Crippen LogP contribution in [-0.2, 0) is 0 Å². The third-order valence-corrected chi connectivity index (χ3v) is 3.84. The van der Waals surface area contributed by atoms with Crippen molar-refractivity contribution in [1.29, 1.82) is 0 Å². The summed E-state index contributed by atoms with van der Waals surface area (Å²) in [6, 6.07) is 7.43. The zero-order valence-corrected chi connectivity index (χ0v) is 10.8. The molecule has 1 atom stereocenters. The van der Waals surface area contributed by atoms with Gasteiger partial charge < -0.3 is 5.11 Å². The van der Waals surface area contributed by atoms with Crippen molar-refractivity contribution in [3.05, 3.63) is 42.0 Å². The predicted octanol–water partition coefficient (Wildman–Crippen LogP) is 3.59. The molecule has 1 N–H and O–H groups in total. The van der Waals surface area contributed by atoms with Crippen LogP contribution in [0, 0.1) is 0 Å². The zero-order chi connectivity index (χ0) is 12.1. The molecular weight excluding hydrogens is 230 g/mol. The third kappa shape index (κ3) is 3.37. The number of rotatable bonds is 3. The van der Waals surface area contributed by atoms with Gasteiger partial charge in [0.25, 0.3) is 0 Å². The number of phenols is 1. The molecule has 3 heteroatoms. The Hall–Kier alpha value is -1.22. The molecule has 1 heterocycles. The molecular formula is C14H17NOS. The maximum Gasteiger partial charge on any atom is 0.115 e. The van der Waals surface area contributed by atoms with E-state index in [4.69, 9.17) is 0 Å². The van der Waals surface area contributed by atoms with E-state index in [0.29, 0.717) is 11.7 Å². The Bertz CT molecular complexity index is 440. The van der Waals surface area contributed by atoms with Gasteiger partial charge in [0.2, 0.25) is 0 Å². The maximum absolute atomic E-state index is 9.45. The first-order chi connectivity index (χ1) is 8.29. The van der Waals surface area contributed by atoms with Gasteiger partial charge in [-0.1, -0.05) is 25.1 Å². The van der Waals surface area contributed by atoms with Gasteiger partial charge in [-0.15, -0.1) is 11.8 Å². The smallest absolute Gasteiger partial charge is 0.115 e. The molecule has 1 unspecified atom stereocenters. The molecule has 0 aliphatic carbocycles. The van der Waals surface area contributed by atoms with Crippen molar-refractivity contribution in [3.63, 3.8) is 0 Å². The van der Waals surface area contributed by atoms with Crippen LogP contribution in [0.25, 0.3) is 0 Å². The van der Waals surface area contributed by atoms with Crippen LogP contribution >= 0.6 is 11.8 Å². The van der Waals surface area contributed by atoms with E-state index in [1.165, 1.54) is 6.42 Å². The van der Waals surface area contributed by atoms with Crippen molar-refractivity contribution in [2.75, 3.05) is 12.3 Å². The van der Waals surface area contributed by atoms with Gasteiger partial charge in [0.15, 0.2) is 0 Å². The minimum absolute atomic E-state index is 0.299. The maximum atomic E-state index is 9.45. The number of nitrogens with zero attached hydrogens (tertiary/aromatic N) is 1. The van der Waals surface area contributed by atoms with Gasteiger partial charge in [0, 0.05) is 5.92 Å². The fourth-order valence-electron chi connectivity index (χ4n) is 1.77. The molecule has 1 aromatic carbocycles. The highest BCUT2D eigenvalue weighted by atomic mass is 32.2. The Kier molecular flexibility index (Phi) is 4.26.